The second kappa shape index (κ2) is 11.6. The predicted octanol–water partition coefficient (Wildman–Crippen LogP) is 4.65. The van der Waals surface area contributed by atoms with Gasteiger partial charge in [0.05, 0.1) is 41.7 Å². The predicted molar refractivity (Wildman–Crippen MR) is 167 cm³/mol. The van der Waals surface area contributed by atoms with Crippen molar-refractivity contribution in [1.82, 2.24) is 19.9 Å². The zero-order chi connectivity index (χ0) is 30.2. The lowest BCUT2D eigenvalue weighted by atomic mass is 9.91. The average molecular weight is 575 g/mol. The first-order valence-electron chi connectivity index (χ1n) is 14.5. The molecule has 2 aliphatic rings. The molecule has 1 aromatic carbocycles. The summed E-state index contributed by atoms with van der Waals surface area (Å²) in [5, 5.41) is 3.28. The molecule has 42 heavy (non-hydrogen) atoms. The number of benzene rings is 1. The zero-order valence-corrected chi connectivity index (χ0v) is 25.7. The molecule has 224 valence electrons. The summed E-state index contributed by atoms with van der Waals surface area (Å²) in [6.07, 6.45) is 2.49. The van der Waals surface area contributed by atoms with E-state index in [2.05, 4.69) is 33.9 Å². The van der Waals surface area contributed by atoms with Gasteiger partial charge in [-0.1, -0.05) is 13.8 Å². The number of ether oxygens (including phenoxy) is 2. The highest BCUT2D eigenvalue weighted by atomic mass is 16.5. The van der Waals surface area contributed by atoms with Crippen LogP contribution in [0.5, 0.6) is 5.75 Å². The summed E-state index contributed by atoms with van der Waals surface area (Å²) in [4.78, 5) is 33.9. The molecule has 0 aliphatic carbocycles. The van der Waals surface area contributed by atoms with Gasteiger partial charge < -0.3 is 35.2 Å². The van der Waals surface area contributed by atoms with E-state index in [1.165, 1.54) is 12.6 Å². The number of carbonyl (C=O) groups is 1. The van der Waals surface area contributed by atoms with Gasteiger partial charge in [0.2, 0.25) is 5.95 Å². The van der Waals surface area contributed by atoms with E-state index in [-0.39, 0.29) is 17.1 Å². The van der Waals surface area contributed by atoms with E-state index in [0.717, 1.165) is 48.9 Å². The topological polar surface area (TPSA) is 122 Å². The van der Waals surface area contributed by atoms with Crippen LogP contribution in [-0.2, 0) is 10.2 Å². The van der Waals surface area contributed by atoms with E-state index in [1.54, 1.807) is 7.11 Å². The Kier molecular flexibility index (Phi) is 8.14. The van der Waals surface area contributed by atoms with Crippen LogP contribution in [0.3, 0.4) is 0 Å². The first-order valence-corrected chi connectivity index (χ1v) is 14.5. The maximum Gasteiger partial charge on any atom is 0.343 e. The molecule has 3 aromatic rings. The van der Waals surface area contributed by atoms with E-state index in [9.17, 15) is 4.79 Å². The number of carbonyl (C=O) groups excluding carboxylic acids is 1. The van der Waals surface area contributed by atoms with Crippen molar-refractivity contribution in [2.24, 2.45) is 0 Å². The van der Waals surface area contributed by atoms with E-state index >= 15 is 0 Å². The molecular weight excluding hydrogens is 532 g/mol. The minimum Gasteiger partial charge on any atom is -0.494 e. The number of pyridine rings is 1. The monoisotopic (exact) mass is 574 g/mol. The van der Waals surface area contributed by atoms with Crippen molar-refractivity contribution in [3.8, 4) is 5.75 Å². The number of aromatic nitrogens is 3. The van der Waals surface area contributed by atoms with Crippen LogP contribution < -0.4 is 25.6 Å². The summed E-state index contributed by atoms with van der Waals surface area (Å²) in [6.45, 7) is 14.6. The Hall–Kier alpha value is -4.12. The third kappa shape index (κ3) is 5.92. The molecule has 4 heterocycles. The van der Waals surface area contributed by atoms with Crippen LogP contribution in [0, 0.1) is 6.92 Å². The molecule has 11 nitrogen and oxygen atoms in total. The Balaban J connectivity index is 1.49. The van der Waals surface area contributed by atoms with Crippen LogP contribution in [0.2, 0.25) is 0 Å². The molecular formula is C31H42N8O3. The van der Waals surface area contributed by atoms with Crippen LogP contribution in [0.25, 0.3) is 0 Å². The molecule has 3 N–H and O–H groups in total. The molecule has 2 aromatic heterocycles. The quantitative estimate of drug-likeness (QED) is 0.260. The molecule has 0 saturated carbocycles. The summed E-state index contributed by atoms with van der Waals surface area (Å²) < 4.78 is 11.3. The van der Waals surface area contributed by atoms with Gasteiger partial charge in [0.1, 0.15) is 11.3 Å². The molecule has 5 rings (SSSR count). The van der Waals surface area contributed by atoms with Crippen molar-refractivity contribution in [1.29, 1.82) is 0 Å². The summed E-state index contributed by atoms with van der Waals surface area (Å²) >= 11 is 0. The third-order valence-electron chi connectivity index (χ3n) is 7.79. The van der Waals surface area contributed by atoms with Crippen molar-refractivity contribution in [2.45, 2.75) is 52.6 Å². The van der Waals surface area contributed by atoms with Gasteiger partial charge >= 0.3 is 5.97 Å². The average Bonchev–Trinajstić information content (AvgIpc) is 3.17. The summed E-state index contributed by atoms with van der Waals surface area (Å²) in [5.74, 6) is 0.875. The second-order valence-corrected chi connectivity index (χ2v) is 12.0. The van der Waals surface area contributed by atoms with Crippen molar-refractivity contribution in [3.05, 3.63) is 47.4 Å². The van der Waals surface area contributed by atoms with E-state index < -0.39 is 5.97 Å². The highest BCUT2D eigenvalue weighted by Crippen LogP contribution is 2.44. The summed E-state index contributed by atoms with van der Waals surface area (Å²) in [6, 6.07) is 7.76. The van der Waals surface area contributed by atoms with Gasteiger partial charge in [-0.25, -0.2) is 9.78 Å². The van der Waals surface area contributed by atoms with Gasteiger partial charge in [0, 0.05) is 50.1 Å². The number of likely N-dealkylation sites (tertiary alicyclic amines) is 1. The fourth-order valence-electron chi connectivity index (χ4n) is 5.39. The Morgan fingerprint density at radius 3 is 2.64 bits per heavy atom. The number of nitrogens with one attached hydrogen (secondary N) is 1. The van der Waals surface area contributed by atoms with Crippen molar-refractivity contribution in [2.75, 3.05) is 67.7 Å². The van der Waals surface area contributed by atoms with Gasteiger partial charge in [-0.3, -0.25) is 4.98 Å². The van der Waals surface area contributed by atoms with Crippen molar-refractivity contribution < 1.29 is 14.3 Å². The van der Waals surface area contributed by atoms with Crippen LogP contribution in [0.1, 0.15) is 55.9 Å². The number of aryl methyl sites for hydroxylation is 1. The Bertz CT molecular complexity index is 1470. The SMILES string of the molecule is COc1cc(N(C)CCN2CCC2)c(N)cc1Nc1ncc(C(=O)OC(C)C)c(N2CC(C)(C)c3nc(C)ccc32)n1. The molecule has 0 bridgehead atoms. The van der Waals surface area contributed by atoms with Gasteiger partial charge in [0.25, 0.3) is 0 Å². The largest absolute Gasteiger partial charge is 0.494 e. The standard InChI is InChI=1S/C31H42N8O3/c1-19(2)42-29(40)21-17-33-30(36-28(21)39-18-31(4,5)27-24(39)10-9-20(3)34-27)35-23-15-22(32)25(16-26(23)41-7)37(6)13-14-38-11-8-12-38/h9-10,15-17,19H,8,11-14,18,32H2,1-7H3,(H,33,35,36). The van der Waals surface area contributed by atoms with Crippen LogP contribution in [0.15, 0.2) is 30.5 Å². The molecule has 1 saturated heterocycles. The number of anilines is 6. The van der Waals surface area contributed by atoms with Gasteiger partial charge in [-0.15, -0.1) is 0 Å². The van der Waals surface area contributed by atoms with Crippen molar-refractivity contribution in [3.63, 3.8) is 0 Å². The molecule has 2 aliphatic heterocycles. The van der Waals surface area contributed by atoms with E-state index in [1.807, 2.05) is 57.0 Å². The maximum atomic E-state index is 13.2. The van der Waals surface area contributed by atoms with Crippen LogP contribution in [-0.4, -0.2) is 78.8 Å². The number of nitrogen functional groups attached to an aromatic ring is 1. The molecule has 1 fully saturated rings. The highest BCUT2D eigenvalue weighted by molar-refractivity contribution is 5.96. The maximum absolute atomic E-state index is 13.2. The first-order chi connectivity index (χ1) is 20.0. The number of rotatable bonds is 10. The fourth-order valence-corrected chi connectivity index (χ4v) is 5.39. The minimum absolute atomic E-state index is 0.256. The first kappa shape index (κ1) is 29.4. The summed E-state index contributed by atoms with van der Waals surface area (Å²) in [5.41, 5.74) is 11.5. The Labute approximate surface area is 248 Å². The molecule has 0 amide bonds. The number of esters is 1. The molecule has 11 heteroatoms. The molecule has 0 spiro atoms. The van der Waals surface area contributed by atoms with Crippen molar-refractivity contribution >= 4 is 40.5 Å². The lowest BCUT2D eigenvalue weighted by Crippen LogP contribution is -2.41. The van der Waals surface area contributed by atoms with Crippen LogP contribution in [0.4, 0.5) is 34.5 Å². The number of nitrogens with two attached hydrogens (primary N) is 1. The van der Waals surface area contributed by atoms with E-state index in [0.29, 0.717) is 35.4 Å². The third-order valence-corrected chi connectivity index (χ3v) is 7.79. The number of hydrogen-bond donors (Lipinski definition) is 2. The Morgan fingerprint density at radius 2 is 1.98 bits per heavy atom. The van der Waals surface area contributed by atoms with Crippen LogP contribution >= 0.6 is 0 Å². The highest BCUT2D eigenvalue weighted by Gasteiger charge is 2.39. The summed E-state index contributed by atoms with van der Waals surface area (Å²) in [7, 11) is 3.66. The zero-order valence-electron chi connectivity index (χ0n) is 25.7. The molecule has 0 atom stereocenters. The minimum atomic E-state index is -0.481. The second-order valence-electron chi connectivity index (χ2n) is 12.0. The number of nitrogens with zero attached hydrogens (tertiary/aromatic N) is 6. The number of likely N-dealkylation sites (N-methyl/N-ethyl adjacent to an activating group) is 1. The lowest BCUT2D eigenvalue weighted by Gasteiger charge is -2.33. The van der Waals surface area contributed by atoms with Gasteiger partial charge in [-0.2, -0.15) is 4.98 Å². The molecule has 0 unspecified atom stereocenters. The molecule has 0 radical (unpaired) electrons. The normalized spacial score (nSPS) is 15.8. The lowest BCUT2D eigenvalue weighted by molar-refractivity contribution is 0.0378. The Morgan fingerprint density at radius 1 is 1.21 bits per heavy atom. The number of hydrogen-bond acceptors (Lipinski definition) is 11. The fraction of sp³-hybridized carbons (Fsp3) is 0.484. The number of methoxy groups -OCH3 is 1. The smallest absolute Gasteiger partial charge is 0.343 e. The van der Waals surface area contributed by atoms with Gasteiger partial charge in [0.15, 0.2) is 5.82 Å². The van der Waals surface area contributed by atoms with Gasteiger partial charge in [-0.05, 0) is 58.5 Å². The van der Waals surface area contributed by atoms with E-state index in [4.69, 9.17) is 25.2 Å². The number of fused-ring (bicyclic) bond motifs is 1.